The number of hydrogen-bond acceptors (Lipinski definition) is 4. The van der Waals surface area contributed by atoms with Crippen molar-refractivity contribution in [1.29, 1.82) is 0 Å². The summed E-state index contributed by atoms with van der Waals surface area (Å²) in [5, 5.41) is 14.8. The predicted molar refractivity (Wildman–Crippen MR) is 78.4 cm³/mol. The van der Waals surface area contributed by atoms with Crippen LogP contribution in [0.1, 0.15) is 23.2 Å². The van der Waals surface area contributed by atoms with Gasteiger partial charge in [-0.15, -0.1) is 0 Å². The van der Waals surface area contributed by atoms with Gasteiger partial charge in [-0.05, 0) is 31.0 Å². The van der Waals surface area contributed by atoms with Crippen LogP contribution >= 0.6 is 0 Å². The second kappa shape index (κ2) is 5.37. The van der Waals surface area contributed by atoms with Crippen LogP contribution in [0.3, 0.4) is 0 Å². The van der Waals surface area contributed by atoms with Crippen molar-refractivity contribution in [3.8, 4) is 5.88 Å². The molecule has 1 saturated heterocycles. The van der Waals surface area contributed by atoms with E-state index in [1.165, 1.54) is 0 Å². The molecule has 1 aromatic carbocycles. The largest absolute Gasteiger partial charge is 0.481 e. The number of hydrogen-bond donors (Lipinski definition) is 1. The van der Waals surface area contributed by atoms with Gasteiger partial charge in [0.2, 0.25) is 5.88 Å². The molecule has 1 aromatic heterocycles. The Bertz CT molecular complexity index is 672. The third-order valence-corrected chi connectivity index (χ3v) is 3.97. The Hall–Kier alpha value is -2.08. The topological polar surface area (TPSA) is 67.6 Å². The van der Waals surface area contributed by atoms with Crippen molar-refractivity contribution in [3.05, 3.63) is 23.8 Å². The number of aromatic nitrogens is 2. The number of amides is 1. The first-order chi connectivity index (χ1) is 10.1. The molecule has 0 saturated carbocycles. The number of aryl methyl sites for hydroxylation is 1. The van der Waals surface area contributed by atoms with Crippen LogP contribution in [-0.4, -0.2) is 52.0 Å². The highest BCUT2D eigenvalue weighted by Crippen LogP contribution is 2.26. The summed E-state index contributed by atoms with van der Waals surface area (Å²) in [6.45, 7) is 1.20. The van der Waals surface area contributed by atoms with Gasteiger partial charge in [-0.25, -0.2) is 4.68 Å². The van der Waals surface area contributed by atoms with E-state index in [9.17, 15) is 9.90 Å². The normalized spacial score (nSPS) is 16.4. The average Bonchev–Trinajstić information content (AvgIpc) is 2.81. The van der Waals surface area contributed by atoms with Gasteiger partial charge >= 0.3 is 0 Å². The molecule has 1 aliphatic rings. The lowest BCUT2D eigenvalue weighted by atomic mass is 10.1. The van der Waals surface area contributed by atoms with E-state index in [0.29, 0.717) is 37.4 Å². The molecule has 1 N–H and O–H groups in total. The summed E-state index contributed by atoms with van der Waals surface area (Å²) in [6, 6.07) is 5.47. The van der Waals surface area contributed by atoms with E-state index in [4.69, 9.17) is 4.74 Å². The number of fused-ring (bicyclic) bond motifs is 1. The zero-order valence-corrected chi connectivity index (χ0v) is 12.2. The van der Waals surface area contributed by atoms with Crippen LogP contribution < -0.4 is 4.74 Å². The fourth-order valence-corrected chi connectivity index (χ4v) is 2.80. The van der Waals surface area contributed by atoms with Crippen LogP contribution in [0, 0.1) is 0 Å². The van der Waals surface area contributed by atoms with E-state index in [-0.39, 0.29) is 12.0 Å². The number of rotatable bonds is 2. The summed E-state index contributed by atoms with van der Waals surface area (Å²) in [7, 11) is 3.42. The number of benzene rings is 1. The van der Waals surface area contributed by atoms with Gasteiger partial charge in [0.05, 0.1) is 24.1 Å². The van der Waals surface area contributed by atoms with Gasteiger partial charge in [0.25, 0.3) is 5.91 Å². The maximum absolute atomic E-state index is 12.5. The van der Waals surface area contributed by atoms with Crippen LogP contribution in [0.2, 0.25) is 0 Å². The lowest BCUT2D eigenvalue weighted by Gasteiger charge is -2.29. The van der Waals surface area contributed by atoms with Crippen LogP contribution in [0.4, 0.5) is 0 Å². The van der Waals surface area contributed by atoms with Crippen molar-refractivity contribution in [2.75, 3.05) is 20.2 Å². The van der Waals surface area contributed by atoms with Crippen LogP contribution in [0.15, 0.2) is 18.2 Å². The lowest BCUT2D eigenvalue weighted by molar-refractivity contribution is 0.0546. The maximum atomic E-state index is 12.5. The Kier molecular flexibility index (Phi) is 3.55. The molecule has 2 aromatic rings. The molecule has 6 nitrogen and oxygen atoms in total. The van der Waals surface area contributed by atoms with E-state index in [0.717, 1.165) is 10.9 Å². The molecular formula is C15H19N3O3. The second-order valence-electron chi connectivity index (χ2n) is 5.39. The Morgan fingerprint density at radius 1 is 1.38 bits per heavy atom. The van der Waals surface area contributed by atoms with E-state index in [1.54, 1.807) is 28.8 Å². The first-order valence-electron chi connectivity index (χ1n) is 7.08. The molecule has 2 heterocycles. The molecule has 1 fully saturated rings. The minimum absolute atomic E-state index is 0.00609. The summed E-state index contributed by atoms with van der Waals surface area (Å²) in [4.78, 5) is 14.3. The number of likely N-dealkylation sites (tertiary alicyclic amines) is 1. The van der Waals surface area contributed by atoms with E-state index in [2.05, 4.69) is 5.10 Å². The number of carbonyl (C=O) groups is 1. The van der Waals surface area contributed by atoms with Crippen molar-refractivity contribution in [3.63, 3.8) is 0 Å². The molecule has 0 radical (unpaired) electrons. The van der Waals surface area contributed by atoms with Crippen molar-refractivity contribution >= 4 is 16.8 Å². The Labute approximate surface area is 122 Å². The molecule has 1 amide bonds. The molecule has 0 unspecified atom stereocenters. The summed E-state index contributed by atoms with van der Waals surface area (Å²) < 4.78 is 6.97. The van der Waals surface area contributed by atoms with E-state index in [1.807, 2.05) is 13.1 Å². The smallest absolute Gasteiger partial charge is 0.253 e. The predicted octanol–water partition coefficient (Wildman–Crippen LogP) is 1.18. The summed E-state index contributed by atoms with van der Waals surface area (Å²) in [5.41, 5.74) is 1.37. The molecule has 1 aliphatic heterocycles. The fraction of sp³-hybridized carbons (Fsp3) is 0.467. The van der Waals surface area contributed by atoms with Gasteiger partial charge in [0, 0.05) is 25.7 Å². The van der Waals surface area contributed by atoms with Crippen LogP contribution in [-0.2, 0) is 7.05 Å². The number of carbonyl (C=O) groups excluding carboxylic acids is 1. The molecule has 112 valence electrons. The van der Waals surface area contributed by atoms with Crippen molar-refractivity contribution < 1.29 is 14.6 Å². The number of piperidine rings is 1. The first-order valence-corrected chi connectivity index (χ1v) is 7.08. The molecule has 0 bridgehead atoms. The van der Waals surface area contributed by atoms with Crippen molar-refractivity contribution in [1.82, 2.24) is 14.7 Å². The molecule has 0 spiro atoms. The zero-order valence-electron chi connectivity index (χ0n) is 12.2. The van der Waals surface area contributed by atoms with Crippen molar-refractivity contribution in [2.45, 2.75) is 18.9 Å². The molecule has 6 heteroatoms. The highest BCUT2D eigenvalue weighted by atomic mass is 16.5. The maximum Gasteiger partial charge on any atom is 0.253 e. The molecule has 0 aliphatic carbocycles. The summed E-state index contributed by atoms with van der Waals surface area (Å²) in [5.74, 6) is 0.679. The zero-order chi connectivity index (χ0) is 15.0. The van der Waals surface area contributed by atoms with E-state index < -0.39 is 0 Å². The average molecular weight is 289 g/mol. The lowest BCUT2D eigenvalue weighted by Crippen LogP contribution is -2.40. The Balaban J connectivity index is 1.89. The molecule has 0 atom stereocenters. The Morgan fingerprint density at radius 3 is 2.76 bits per heavy atom. The van der Waals surface area contributed by atoms with Gasteiger partial charge < -0.3 is 14.7 Å². The first kappa shape index (κ1) is 13.9. The Morgan fingerprint density at radius 2 is 2.10 bits per heavy atom. The minimum Gasteiger partial charge on any atom is -0.481 e. The minimum atomic E-state index is -0.281. The second-order valence-corrected chi connectivity index (χ2v) is 5.39. The van der Waals surface area contributed by atoms with Gasteiger partial charge in [0.1, 0.15) is 0 Å². The highest BCUT2D eigenvalue weighted by Gasteiger charge is 2.23. The number of ether oxygens (including phenoxy) is 1. The van der Waals surface area contributed by atoms with E-state index >= 15 is 0 Å². The highest BCUT2D eigenvalue weighted by molar-refractivity contribution is 5.98. The van der Waals surface area contributed by atoms with Gasteiger partial charge in [-0.3, -0.25) is 4.79 Å². The monoisotopic (exact) mass is 289 g/mol. The quantitative estimate of drug-likeness (QED) is 0.901. The number of aliphatic hydroxyl groups excluding tert-OH is 1. The van der Waals surface area contributed by atoms with Gasteiger partial charge in [-0.2, -0.15) is 5.10 Å². The van der Waals surface area contributed by atoms with Crippen LogP contribution in [0.25, 0.3) is 10.9 Å². The molecule has 3 rings (SSSR count). The van der Waals surface area contributed by atoms with Crippen LogP contribution in [0.5, 0.6) is 5.88 Å². The summed E-state index contributed by atoms with van der Waals surface area (Å²) in [6.07, 6.45) is 1.01. The van der Waals surface area contributed by atoms with Gasteiger partial charge in [-0.1, -0.05) is 0 Å². The third kappa shape index (κ3) is 2.47. The molecular weight excluding hydrogens is 270 g/mol. The molecule has 21 heavy (non-hydrogen) atoms. The standard InChI is InChI=1S/C15H19N3O3/c1-17-15(21-2)12-4-3-10(9-13(12)16-17)14(20)18-7-5-11(19)6-8-18/h3-4,9,11,19H,5-8H2,1-2H3. The van der Waals surface area contributed by atoms with Gasteiger partial charge in [0.15, 0.2) is 0 Å². The van der Waals surface area contributed by atoms with Crippen molar-refractivity contribution in [2.24, 2.45) is 7.05 Å². The number of aliphatic hydroxyl groups is 1. The number of methoxy groups -OCH3 is 1. The fourth-order valence-electron chi connectivity index (χ4n) is 2.80. The SMILES string of the molecule is COc1c2ccc(C(=O)N3CCC(O)CC3)cc2nn1C. The summed E-state index contributed by atoms with van der Waals surface area (Å²) >= 11 is 0. The third-order valence-electron chi connectivity index (χ3n) is 3.97. The number of nitrogens with zero attached hydrogens (tertiary/aromatic N) is 3.